The van der Waals surface area contributed by atoms with Crippen LogP contribution in [0.15, 0.2) is 59.0 Å². The number of para-hydroxylation sites is 1. The maximum atomic E-state index is 12.4. The Labute approximate surface area is 169 Å². The maximum Gasteiger partial charge on any atom is 0.287 e. The third kappa shape index (κ3) is 5.01. The predicted molar refractivity (Wildman–Crippen MR) is 107 cm³/mol. The predicted octanol–water partition coefficient (Wildman–Crippen LogP) is 3.81. The van der Waals surface area contributed by atoms with Gasteiger partial charge in [0.1, 0.15) is 18.1 Å². The summed E-state index contributed by atoms with van der Waals surface area (Å²) >= 11 is 0. The Bertz CT molecular complexity index is 926. The fourth-order valence-electron chi connectivity index (χ4n) is 2.76. The standard InChI is InChI=1S/C22H23NO6/c1-25-19-11-15(12-20(26-2)21(19)27-3)13-23-22(24)18-10-9-17(29-18)14-28-16-7-5-4-6-8-16/h4-12H,13-14H2,1-3H3,(H,23,24). The van der Waals surface area contributed by atoms with E-state index in [4.69, 9.17) is 23.4 Å². The van der Waals surface area contributed by atoms with Crippen molar-refractivity contribution in [3.63, 3.8) is 0 Å². The van der Waals surface area contributed by atoms with Crippen LogP contribution >= 0.6 is 0 Å². The van der Waals surface area contributed by atoms with Crippen LogP contribution in [0.2, 0.25) is 0 Å². The van der Waals surface area contributed by atoms with Crippen molar-refractivity contribution in [2.45, 2.75) is 13.2 Å². The van der Waals surface area contributed by atoms with Crippen LogP contribution in [0.3, 0.4) is 0 Å². The average Bonchev–Trinajstić information content (AvgIpc) is 3.25. The van der Waals surface area contributed by atoms with E-state index < -0.39 is 0 Å². The summed E-state index contributed by atoms with van der Waals surface area (Å²) in [7, 11) is 4.63. The third-order valence-electron chi connectivity index (χ3n) is 4.19. The van der Waals surface area contributed by atoms with E-state index in [9.17, 15) is 4.79 Å². The quantitative estimate of drug-likeness (QED) is 0.591. The van der Waals surface area contributed by atoms with Crippen LogP contribution in [0.1, 0.15) is 21.9 Å². The number of nitrogens with one attached hydrogen (secondary N) is 1. The molecule has 0 saturated carbocycles. The number of carbonyl (C=O) groups is 1. The second-order valence-electron chi connectivity index (χ2n) is 6.08. The number of ether oxygens (including phenoxy) is 4. The molecule has 0 unspecified atom stereocenters. The lowest BCUT2D eigenvalue weighted by Gasteiger charge is -2.14. The fourth-order valence-corrected chi connectivity index (χ4v) is 2.76. The molecule has 0 saturated heterocycles. The average molecular weight is 397 g/mol. The van der Waals surface area contributed by atoms with Crippen molar-refractivity contribution in [3.05, 3.63) is 71.7 Å². The van der Waals surface area contributed by atoms with Gasteiger partial charge < -0.3 is 28.7 Å². The van der Waals surface area contributed by atoms with Crippen LogP contribution in [0.25, 0.3) is 0 Å². The van der Waals surface area contributed by atoms with Gasteiger partial charge >= 0.3 is 0 Å². The van der Waals surface area contributed by atoms with Gasteiger partial charge in [-0.05, 0) is 42.0 Å². The fraction of sp³-hybridized carbons (Fsp3) is 0.227. The Morgan fingerprint density at radius 2 is 1.62 bits per heavy atom. The Morgan fingerprint density at radius 1 is 0.931 bits per heavy atom. The van der Waals surface area contributed by atoms with Crippen molar-refractivity contribution in [1.29, 1.82) is 0 Å². The number of benzene rings is 2. The summed E-state index contributed by atoms with van der Waals surface area (Å²) in [5, 5.41) is 2.82. The lowest BCUT2D eigenvalue weighted by Crippen LogP contribution is -2.22. The number of carbonyl (C=O) groups excluding carboxylic acids is 1. The highest BCUT2D eigenvalue weighted by Gasteiger charge is 2.15. The van der Waals surface area contributed by atoms with Gasteiger partial charge in [-0.2, -0.15) is 0 Å². The van der Waals surface area contributed by atoms with Gasteiger partial charge in [0, 0.05) is 6.54 Å². The zero-order valence-electron chi connectivity index (χ0n) is 16.6. The van der Waals surface area contributed by atoms with Crippen LogP contribution in [0.5, 0.6) is 23.0 Å². The molecule has 1 aromatic heterocycles. The van der Waals surface area contributed by atoms with Gasteiger partial charge in [0.05, 0.1) is 21.3 Å². The maximum absolute atomic E-state index is 12.4. The summed E-state index contributed by atoms with van der Waals surface area (Å²) in [6.07, 6.45) is 0. The highest BCUT2D eigenvalue weighted by molar-refractivity contribution is 5.91. The van der Waals surface area contributed by atoms with Gasteiger partial charge in [-0.25, -0.2) is 0 Å². The normalized spacial score (nSPS) is 10.3. The van der Waals surface area contributed by atoms with E-state index in [0.717, 1.165) is 11.3 Å². The van der Waals surface area contributed by atoms with E-state index in [1.807, 2.05) is 30.3 Å². The van der Waals surface area contributed by atoms with Gasteiger partial charge in [-0.15, -0.1) is 0 Å². The van der Waals surface area contributed by atoms with Crippen LogP contribution < -0.4 is 24.3 Å². The monoisotopic (exact) mass is 397 g/mol. The molecule has 152 valence electrons. The van der Waals surface area contributed by atoms with Crippen LogP contribution in [0, 0.1) is 0 Å². The van der Waals surface area contributed by atoms with Crippen molar-refractivity contribution in [2.24, 2.45) is 0 Å². The first kappa shape index (κ1) is 20.1. The highest BCUT2D eigenvalue weighted by Crippen LogP contribution is 2.38. The molecule has 1 heterocycles. The van der Waals surface area contributed by atoms with E-state index >= 15 is 0 Å². The molecule has 1 amide bonds. The minimum Gasteiger partial charge on any atom is -0.493 e. The highest BCUT2D eigenvalue weighted by atomic mass is 16.5. The number of hydrogen-bond donors (Lipinski definition) is 1. The van der Waals surface area contributed by atoms with E-state index in [0.29, 0.717) is 23.0 Å². The Morgan fingerprint density at radius 3 is 2.24 bits per heavy atom. The van der Waals surface area contributed by atoms with Crippen molar-refractivity contribution in [3.8, 4) is 23.0 Å². The second kappa shape index (κ2) is 9.54. The minimum atomic E-state index is -0.329. The molecule has 1 N–H and O–H groups in total. The molecular formula is C22H23NO6. The lowest BCUT2D eigenvalue weighted by molar-refractivity contribution is 0.0919. The van der Waals surface area contributed by atoms with Gasteiger partial charge in [0.15, 0.2) is 17.3 Å². The summed E-state index contributed by atoms with van der Waals surface area (Å²) in [5.41, 5.74) is 0.798. The molecule has 7 nitrogen and oxygen atoms in total. The summed E-state index contributed by atoms with van der Waals surface area (Å²) in [4.78, 5) is 12.4. The number of hydrogen-bond acceptors (Lipinski definition) is 6. The second-order valence-corrected chi connectivity index (χ2v) is 6.08. The zero-order valence-corrected chi connectivity index (χ0v) is 16.6. The number of amides is 1. The number of furan rings is 1. The van der Waals surface area contributed by atoms with E-state index in [1.165, 1.54) is 7.11 Å². The molecule has 3 aromatic rings. The molecule has 0 aliphatic heterocycles. The van der Waals surface area contributed by atoms with Crippen molar-refractivity contribution < 1.29 is 28.2 Å². The Balaban J connectivity index is 1.60. The lowest BCUT2D eigenvalue weighted by atomic mass is 10.1. The molecule has 0 bridgehead atoms. The summed E-state index contributed by atoms with van der Waals surface area (Å²) in [6, 6.07) is 16.3. The first-order valence-electron chi connectivity index (χ1n) is 8.98. The third-order valence-corrected chi connectivity index (χ3v) is 4.19. The van der Waals surface area contributed by atoms with Gasteiger partial charge in [0.2, 0.25) is 5.75 Å². The molecule has 0 aliphatic rings. The molecule has 0 atom stereocenters. The van der Waals surface area contributed by atoms with Crippen molar-refractivity contribution >= 4 is 5.91 Å². The first-order valence-corrected chi connectivity index (χ1v) is 8.98. The van der Waals surface area contributed by atoms with Gasteiger partial charge in [-0.1, -0.05) is 18.2 Å². The molecule has 3 rings (SSSR count). The molecule has 2 aromatic carbocycles. The topological polar surface area (TPSA) is 79.2 Å². The molecule has 29 heavy (non-hydrogen) atoms. The molecule has 0 aliphatic carbocycles. The molecule has 0 fully saturated rings. The SMILES string of the molecule is COc1cc(CNC(=O)c2ccc(COc3ccccc3)o2)cc(OC)c1OC. The summed E-state index contributed by atoms with van der Waals surface area (Å²) < 4.78 is 27.2. The number of methoxy groups -OCH3 is 3. The summed E-state index contributed by atoms with van der Waals surface area (Å²) in [6.45, 7) is 0.510. The number of rotatable bonds is 9. The zero-order chi connectivity index (χ0) is 20.6. The molecule has 7 heteroatoms. The first-order chi connectivity index (χ1) is 14.1. The van der Waals surface area contributed by atoms with E-state index in [2.05, 4.69) is 5.32 Å². The van der Waals surface area contributed by atoms with Crippen molar-refractivity contribution in [2.75, 3.05) is 21.3 Å². The molecule has 0 radical (unpaired) electrons. The van der Waals surface area contributed by atoms with E-state index in [-0.39, 0.29) is 24.8 Å². The van der Waals surface area contributed by atoms with Crippen LogP contribution in [0.4, 0.5) is 0 Å². The van der Waals surface area contributed by atoms with E-state index in [1.54, 1.807) is 38.5 Å². The summed E-state index contributed by atoms with van der Waals surface area (Å²) in [5.74, 6) is 2.72. The Hall–Kier alpha value is -3.61. The van der Waals surface area contributed by atoms with Gasteiger partial charge in [0.25, 0.3) is 5.91 Å². The van der Waals surface area contributed by atoms with Gasteiger partial charge in [-0.3, -0.25) is 4.79 Å². The minimum absolute atomic E-state index is 0.212. The molecule has 0 spiro atoms. The Kier molecular flexibility index (Phi) is 6.63. The largest absolute Gasteiger partial charge is 0.493 e. The smallest absolute Gasteiger partial charge is 0.287 e. The van der Waals surface area contributed by atoms with Crippen molar-refractivity contribution in [1.82, 2.24) is 5.32 Å². The molecular weight excluding hydrogens is 374 g/mol. The van der Waals surface area contributed by atoms with Crippen LogP contribution in [-0.4, -0.2) is 27.2 Å². The van der Waals surface area contributed by atoms with Crippen LogP contribution in [-0.2, 0) is 13.2 Å².